The summed E-state index contributed by atoms with van der Waals surface area (Å²) in [6.07, 6.45) is 2.49. The highest BCUT2D eigenvalue weighted by Crippen LogP contribution is 2.21. The van der Waals surface area contributed by atoms with Crippen molar-refractivity contribution in [2.24, 2.45) is 0 Å². The van der Waals surface area contributed by atoms with Crippen LogP contribution in [0.4, 0.5) is 0 Å². The molecule has 1 aromatic carbocycles. The van der Waals surface area contributed by atoms with Crippen molar-refractivity contribution in [3.63, 3.8) is 0 Å². The molecule has 1 atom stereocenters. The van der Waals surface area contributed by atoms with Crippen LogP contribution in [0, 0.1) is 11.3 Å². The van der Waals surface area contributed by atoms with Crippen LogP contribution >= 0.6 is 11.8 Å². The number of hydrogen-bond acceptors (Lipinski definition) is 3. The lowest BCUT2D eigenvalue weighted by Gasteiger charge is -2.20. The van der Waals surface area contributed by atoms with E-state index in [1.54, 1.807) is 11.8 Å². The average molecular weight is 232 g/mol. The molecule has 2 rings (SSSR count). The maximum absolute atomic E-state index is 9.16. The van der Waals surface area contributed by atoms with Gasteiger partial charge in [-0.05, 0) is 38.1 Å². The van der Waals surface area contributed by atoms with E-state index in [1.807, 2.05) is 18.2 Å². The second kappa shape index (κ2) is 5.93. The van der Waals surface area contributed by atoms with Crippen LogP contribution in [0.15, 0.2) is 35.2 Å². The van der Waals surface area contributed by atoms with Gasteiger partial charge in [-0.1, -0.05) is 18.2 Å². The Kier molecular flexibility index (Phi) is 4.26. The zero-order chi connectivity index (χ0) is 11.2. The highest BCUT2D eigenvalue weighted by atomic mass is 32.2. The van der Waals surface area contributed by atoms with E-state index in [-0.39, 0.29) is 6.04 Å². The number of hydrogen-bond donors (Lipinski definition) is 0. The van der Waals surface area contributed by atoms with Gasteiger partial charge in [-0.15, -0.1) is 11.8 Å². The highest BCUT2D eigenvalue weighted by Gasteiger charge is 2.21. The molecule has 1 fully saturated rings. The molecule has 0 aliphatic carbocycles. The fourth-order valence-electron chi connectivity index (χ4n) is 1.97. The Morgan fingerprint density at radius 3 is 2.56 bits per heavy atom. The van der Waals surface area contributed by atoms with Gasteiger partial charge < -0.3 is 0 Å². The number of rotatable bonds is 4. The number of nitrogens with zero attached hydrogens (tertiary/aromatic N) is 2. The van der Waals surface area contributed by atoms with Gasteiger partial charge >= 0.3 is 0 Å². The first-order chi connectivity index (χ1) is 7.90. The quantitative estimate of drug-likeness (QED) is 0.747. The normalized spacial score (nSPS) is 18.2. The molecule has 0 N–H and O–H groups in total. The zero-order valence-electron chi connectivity index (χ0n) is 9.30. The van der Waals surface area contributed by atoms with Gasteiger partial charge in [-0.25, -0.2) is 0 Å². The van der Waals surface area contributed by atoms with E-state index in [2.05, 4.69) is 23.1 Å². The average Bonchev–Trinajstić information content (AvgIpc) is 2.85. The third kappa shape index (κ3) is 3.01. The van der Waals surface area contributed by atoms with Crippen LogP contribution in [-0.4, -0.2) is 29.8 Å². The molecule has 0 bridgehead atoms. The fourth-order valence-corrected chi connectivity index (χ4v) is 2.95. The minimum Gasteiger partial charge on any atom is -0.287 e. The van der Waals surface area contributed by atoms with Gasteiger partial charge in [0.1, 0.15) is 6.04 Å². The predicted molar refractivity (Wildman–Crippen MR) is 67.4 cm³/mol. The maximum Gasteiger partial charge on any atom is 0.107 e. The summed E-state index contributed by atoms with van der Waals surface area (Å²) < 4.78 is 0. The van der Waals surface area contributed by atoms with Crippen molar-refractivity contribution >= 4 is 11.8 Å². The zero-order valence-corrected chi connectivity index (χ0v) is 10.1. The lowest BCUT2D eigenvalue weighted by atomic mass is 10.3. The minimum absolute atomic E-state index is 0.0766. The summed E-state index contributed by atoms with van der Waals surface area (Å²) in [5.41, 5.74) is 0. The number of likely N-dealkylation sites (tertiary alicyclic amines) is 1. The van der Waals surface area contributed by atoms with E-state index in [1.165, 1.54) is 17.7 Å². The Balaban J connectivity index is 1.86. The highest BCUT2D eigenvalue weighted by molar-refractivity contribution is 7.99. The summed E-state index contributed by atoms with van der Waals surface area (Å²) in [5, 5.41) is 9.16. The summed E-state index contributed by atoms with van der Waals surface area (Å²) in [5.74, 6) is 0.876. The first kappa shape index (κ1) is 11.5. The number of nitriles is 1. The molecule has 3 heteroatoms. The smallest absolute Gasteiger partial charge is 0.107 e. The third-order valence-electron chi connectivity index (χ3n) is 2.88. The first-order valence-corrected chi connectivity index (χ1v) is 6.70. The second-order valence-corrected chi connectivity index (χ2v) is 5.11. The van der Waals surface area contributed by atoms with E-state index in [9.17, 15) is 0 Å². The van der Waals surface area contributed by atoms with Crippen LogP contribution < -0.4 is 0 Å². The summed E-state index contributed by atoms with van der Waals surface area (Å²) >= 11 is 1.78. The molecule has 84 valence electrons. The third-order valence-corrected chi connectivity index (χ3v) is 3.97. The van der Waals surface area contributed by atoms with Crippen molar-refractivity contribution in [2.45, 2.75) is 23.8 Å². The molecular weight excluding hydrogens is 216 g/mol. The van der Waals surface area contributed by atoms with E-state index in [0.717, 1.165) is 18.8 Å². The van der Waals surface area contributed by atoms with E-state index in [4.69, 9.17) is 5.26 Å². The number of thioether (sulfide) groups is 1. The molecule has 2 nitrogen and oxygen atoms in total. The Morgan fingerprint density at radius 1 is 1.25 bits per heavy atom. The maximum atomic E-state index is 9.16. The van der Waals surface area contributed by atoms with Crippen LogP contribution in [0.1, 0.15) is 12.8 Å². The summed E-state index contributed by atoms with van der Waals surface area (Å²) in [6, 6.07) is 12.8. The lowest BCUT2D eigenvalue weighted by molar-refractivity contribution is 0.309. The largest absolute Gasteiger partial charge is 0.287 e. The Hall–Kier alpha value is -0.980. The van der Waals surface area contributed by atoms with E-state index in [0.29, 0.717) is 0 Å². The second-order valence-electron chi connectivity index (χ2n) is 4.01. The Labute approximate surface area is 101 Å². The van der Waals surface area contributed by atoms with Crippen LogP contribution in [0.2, 0.25) is 0 Å². The molecule has 1 heterocycles. The molecule has 1 aliphatic rings. The van der Waals surface area contributed by atoms with Crippen LogP contribution in [0.25, 0.3) is 0 Å². The monoisotopic (exact) mass is 232 g/mol. The van der Waals surface area contributed by atoms with Gasteiger partial charge in [0.15, 0.2) is 0 Å². The SMILES string of the molecule is N#CC(CSc1ccccc1)N1CCCC1. The molecule has 0 spiro atoms. The van der Waals surface area contributed by atoms with Crippen molar-refractivity contribution in [3.8, 4) is 6.07 Å². The molecule has 0 saturated carbocycles. The topological polar surface area (TPSA) is 27.0 Å². The van der Waals surface area contributed by atoms with Crippen molar-refractivity contribution in [1.29, 1.82) is 5.26 Å². The predicted octanol–water partition coefficient (Wildman–Crippen LogP) is 2.77. The molecule has 0 radical (unpaired) electrons. The molecule has 1 saturated heterocycles. The van der Waals surface area contributed by atoms with Crippen molar-refractivity contribution in [1.82, 2.24) is 4.90 Å². The van der Waals surface area contributed by atoms with Crippen LogP contribution in [-0.2, 0) is 0 Å². The molecular formula is C13H16N2S. The summed E-state index contributed by atoms with van der Waals surface area (Å²) in [6.45, 7) is 2.18. The van der Waals surface area contributed by atoms with Gasteiger partial charge in [0.25, 0.3) is 0 Å². The lowest BCUT2D eigenvalue weighted by Crippen LogP contribution is -2.33. The Bertz CT molecular complexity index is 352. The first-order valence-electron chi connectivity index (χ1n) is 5.71. The molecule has 1 unspecified atom stereocenters. The van der Waals surface area contributed by atoms with Gasteiger partial charge in [0, 0.05) is 10.6 Å². The standard InChI is InChI=1S/C13H16N2S/c14-10-12(15-8-4-5-9-15)11-16-13-6-2-1-3-7-13/h1-3,6-7,12H,4-5,8-9,11H2. The number of benzene rings is 1. The summed E-state index contributed by atoms with van der Waals surface area (Å²) in [7, 11) is 0. The van der Waals surface area contributed by atoms with Gasteiger partial charge in [-0.2, -0.15) is 5.26 Å². The molecule has 16 heavy (non-hydrogen) atoms. The van der Waals surface area contributed by atoms with Crippen molar-refractivity contribution in [3.05, 3.63) is 30.3 Å². The molecule has 0 amide bonds. The fraction of sp³-hybridized carbons (Fsp3) is 0.462. The van der Waals surface area contributed by atoms with Crippen LogP contribution in [0.3, 0.4) is 0 Å². The van der Waals surface area contributed by atoms with Gasteiger partial charge in [0.2, 0.25) is 0 Å². The van der Waals surface area contributed by atoms with Crippen molar-refractivity contribution in [2.75, 3.05) is 18.8 Å². The van der Waals surface area contributed by atoms with Crippen molar-refractivity contribution < 1.29 is 0 Å². The van der Waals surface area contributed by atoms with E-state index < -0.39 is 0 Å². The van der Waals surface area contributed by atoms with Gasteiger partial charge in [-0.3, -0.25) is 4.90 Å². The Morgan fingerprint density at radius 2 is 1.94 bits per heavy atom. The molecule has 0 aromatic heterocycles. The minimum atomic E-state index is 0.0766. The summed E-state index contributed by atoms with van der Waals surface area (Å²) in [4.78, 5) is 3.55. The van der Waals surface area contributed by atoms with Gasteiger partial charge in [0.05, 0.1) is 6.07 Å². The molecule has 1 aliphatic heterocycles. The molecule has 1 aromatic rings. The van der Waals surface area contributed by atoms with E-state index >= 15 is 0 Å². The van der Waals surface area contributed by atoms with Crippen LogP contribution in [0.5, 0.6) is 0 Å².